The number of amides is 1. The predicted molar refractivity (Wildman–Crippen MR) is 227 cm³/mol. The van der Waals surface area contributed by atoms with Crippen molar-refractivity contribution in [3.05, 3.63) is 128 Å². The highest BCUT2D eigenvalue weighted by Gasteiger charge is 2.38. The number of carbonyl (C=O) groups excluding carboxylic acids is 1. The monoisotopic (exact) mass is 802 g/mol. The molecule has 57 heavy (non-hydrogen) atoms. The van der Waals surface area contributed by atoms with E-state index >= 15 is 4.79 Å². The summed E-state index contributed by atoms with van der Waals surface area (Å²) in [5.74, 6) is -0.453. The van der Waals surface area contributed by atoms with E-state index in [0.717, 1.165) is 72.3 Å². The molecule has 0 spiro atoms. The fourth-order valence-corrected chi connectivity index (χ4v) is 9.01. The van der Waals surface area contributed by atoms with Gasteiger partial charge < -0.3 is 23.9 Å². The number of carboxylic acids is 1. The molecular weight excluding hydrogens is 759 g/mol. The Morgan fingerprint density at radius 1 is 0.947 bits per heavy atom. The first kappa shape index (κ1) is 38.3. The highest BCUT2D eigenvalue weighted by molar-refractivity contribution is 6.35. The molecule has 0 saturated heterocycles. The number of halogens is 2. The summed E-state index contributed by atoms with van der Waals surface area (Å²) in [4.78, 5) is 34.5. The summed E-state index contributed by atoms with van der Waals surface area (Å²) in [5.41, 5.74) is 11.1. The van der Waals surface area contributed by atoms with Crippen molar-refractivity contribution in [1.82, 2.24) is 23.9 Å². The standard InChI is InChI=1S/C45H44Cl2N6O4/c1-24-19-31(20-25(2)40(24)47)57-18-10-14-32-34-16-17-36(46)39(38-28(5)49-50(7)29(38)6)42(34)53-27(4)21-52(44(54)43(32)53)37-15-9-13-33-35(45(55)56)23-51(41(33)37)22-30-12-8-11-26(3)48-30/h8-9,11-13,15-17,19-20,23,27H,10,14,18,21-22H2,1-7H3,(H,55,56). The molecule has 3 aromatic carbocycles. The second kappa shape index (κ2) is 14.7. The van der Waals surface area contributed by atoms with Crippen LogP contribution in [0.15, 0.2) is 66.9 Å². The van der Waals surface area contributed by atoms with E-state index < -0.39 is 5.97 Å². The van der Waals surface area contributed by atoms with Crippen molar-refractivity contribution < 1.29 is 19.4 Å². The Kier molecular flexibility index (Phi) is 9.90. The third-order valence-corrected chi connectivity index (χ3v) is 12.2. The molecule has 4 aromatic heterocycles. The van der Waals surface area contributed by atoms with Crippen LogP contribution in [0.3, 0.4) is 0 Å². The van der Waals surface area contributed by atoms with E-state index in [-0.39, 0.29) is 17.5 Å². The molecule has 10 nitrogen and oxygen atoms in total. The van der Waals surface area contributed by atoms with Gasteiger partial charge in [-0.15, -0.1) is 0 Å². The van der Waals surface area contributed by atoms with Crippen molar-refractivity contribution >= 4 is 62.6 Å². The second-order valence-electron chi connectivity index (χ2n) is 15.2. The molecule has 1 N–H and O–H groups in total. The van der Waals surface area contributed by atoms with Crippen molar-refractivity contribution in [2.75, 3.05) is 18.1 Å². The van der Waals surface area contributed by atoms with E-state index in [1.807, 2.05) is 110 Å². The number of nitrogens with zero attached hydrogens (tertiary/aromatic N) is 6. The van der Waals surface area contributed by atoms with Crippen LogP contribution in [0.1, 0.15) is 79.7 Å². The molecule has 7 aromatic rings. The molecule has 0 fully saturated rings. The van der Waals surface area contributed by atoms with Gasteiger partial charge in [-0.25, -0.2) is 4.79 Å². The molecular formula is C45H44Cl2N6O4. The average molecular weight is 804 g/mol. The van der Waals surface area contributed by atoms with E-state index in [0.29, 0.717) is 59.8 Å². The second-order valence-corrected chi connectivity index (χ2v) is 16.0. The maximum atomic E-state index is 15.4. The Morgan fingerprint density at radius 2 is 1.68 bits per heavy atom. The van der Waals surface area contributed by atoms with Crippen LogP contribution in [0.2, 0.25) is 10.0 Å². The number of hydrogen-bond donors (Lipinski definition) is 1. The lowest BCUT2D eigenvalue weighted by Gasteiger charge is -2.35. The van der Waals surface area contributed by atoms with Crippen LogP contribution in [0.25, 0.3) is 32.9 Å². The third-order valence-electron chi connectivity index (χ3n) is 11.2. The number of carbonyl (C=O) groups is 2. The van der Waals surface area contributed by atoms with Crippen molar-refractivity contribution in [1.29, 1.82) is 0 Å². The van der Waals surface area contributed by atoms with Gasteiger partial charge in [-0.05, 0) is 107 Å². The van der Waals surface area contributed by atoms with Gasteiger partial charge in [-0.2, -0.15) is 5.10 Å². The molecule has 1 atom stereocenters. The highest BCUT2D eigenvalue weighted by atomic mass is 35.5. The van der Waals surface area contributed by atoms with Crippen LogP contribution >= 0.6 is 23.2 Å². The van der Waals surface area contributed by atoms with Crippen molar-refractivity contribution in [2.24, 2.45) is 7.05 Å². The van der Waals surface area contributed by atoms with E-state index in [9.17, 15) is 9.90 Å². The predicted octanol–water partition coefficient (Wildman–Crippen LogP) is 10.2. The molecule has 0 bridgehead atoms. The topological polar surface area (TPSA) is 107 Å². The number of benzene rings is 3. The maximum absolute atomic E-state index is 15.4. The molecule has 5 heterocycles. The van der Waals surface area contributed by atoms with Gasteiger partial charge in [0.1, 0.15) is 11.4 Å². The zero-order valence-corrected chi connectivity index (χ0v) is 34.6. The fraction of sp³-hybridized carbons (Fsp3) is 0.289. The summed E-state index contributed by atoms with van der Waals surface area (Å²) >= 11 is 13.6. The number of pyridine rings is 1. The quantitative estimate of drug-likeness (QED) is 0.138. The Balaban J connectivity index is 1.28. The third kappa shape index (κ3) is 6.54. The number of carboxylic acid groups (broad SMARTS) is 1. The first-order chi connectivity index (χ1) is 27.2. The summed E-state index contributed by atoms with van der Waals surface area (Å²) in [6, 6.07) is 19.0. The lowest BCUT2D eigenvalue weighted by molar-refractivity contribution is 0.0698. The number of aromatic carboxylic acids is 1. The van der Waals surface area contributed by atoms with Crippen LogP contribution in [-0.4, -0.2) is 54.0 Å². The minimum atomic E-state index is -1.04. The van der Waals surface area contributed by atoms with Crippen LogP contribution in [-0.2, 0) is 20.0 Å². The minimum absolute atomic E-state index is 0.166. The molecule has 1 aliphatic rings. The van der Waals surface area contributed by atoms with Crippen molar-refractivity contribution in [2.45, 2.75) is 67.0 Å². The van der Waals surface area contributed by atoms with Gasteiger partial charge in [0.15, 0.2) is 0 Å². The zero-order chi connectivity index (χ0) is 40.4. The molecule has 292 valence electrons. The Bertz CT molecular complexity index is 2760. The zero-order valence-electron chi connectivity index (χ0n) is 33.1. The summed E-state index contributed by atoms with van der Waals surface area (Å²) in [7, 11) is 1.92. The van der Waals surface area contributed by atoms with E-state index in [4.69, 9.17) is 38.0 Å². The van der Waals surface area contributed by atoms with Crippen molar-refractivity contribution in [3.8, 4) is 16.9 Å². The van der Waals surface area contributed by atoms with Crippen molar-refractivity contribution in [3.63, 3.8) is 0 Å². The van der Waals surface area contributed by atoms with Gasteiger partial charge in [0.05, 0.1) is 51.8 Å². The van der Waals surface area contributed by atoms with Gasteiger partial charge in [0.2, 0.25) is 0 Å². The van der Waals surface area contributed by atoms with Crippen LogP contribution in [0.5, 0.6) is 5.75 Å². The SMILES string of the molecule is Cc1cccc(Cn2cc(C(=O)O)c3cccc(N4CC(C)n5c(c(CCCOc6cc(C)c(Cl)c(C)c6)c6ccc(Cl)c(-c7c(C)nn(C)c7C)c65)C4=O)c32)n1. The number of ether oxygens (including phenoxy) is 1. The fourth-order valence-electron chi connectivity index (χ4n) is 8.65. The normalized spacial score (nSPS) is 14.2. The molecule has 12 heteroatoms. The maximum Gasteiger partial charge on any atom is 0.337 e. The first-order valence-electron chi connectivity index (χ1n) is 19.1. The number of aromatic nitrogens is 5. The van der Waals surface area contributed by atoms with Gasteiger partial charge in [-0.1, -0.05) is 47.5 Å². The smallest absolute Gasteiger partial charge is 0.337 e. The Morgan fingerprint density at radius 3 is 2.37 bits per heavy atom. The largest absolute Gasteiger partial charge is 0.494 e. The van der Waals surface area contributed by atoms with Crippen LogP contribution < -0.4 is 9.64 Å². The van der Waals surface area contributed by atoms with Gasteiger partial charge in [-0.3, -0.25) is 14.5 Å². The van der Waals surface area contributed by atoms with E-state index in [1.165, 1.54) is 0 Å². The molecule has 8 rings (SSSR count). The molecule has 0 aliphatic carbocycles. The van der Waals surface area contributed by atoms with Gasteiger partial charge >= 0.3 is 5.97 Å². The van der Waals surface area contributed by atoms with E-state index in [2.05, 4.69) is 11.5 Å². The summed E-state index contributed by atoms with van der Waals surface area (Å²) in [5, 5.41) is 17.9. The minimum Gasteiger partial charge on any atom is -0.494 e. The lowest BCUT2D eigenvalue weighted by Crippen LogP contribution is -2.43. The number of fused-ring (bicyclic) bond motifs is 4. The van der Waals surface area contributed by atoms with Crippen LogP contribution in [0.4, 0.5) is 5.69 Å². The van der Waals surface area contributed by atoms with Gasteiger partial charge in [0, 0.05) is 64.1 Å². The molecule has 0 radical (unpaired) electrons. The number of anilines is 1. The number of rotatable bonds is 10. The summed E-state index contributed by atoms with van der Waals surface area (Å²) in [6.07, 6.45) is 2.85. The number of para-hydroxylation sites is 1. The summed E-state index contributed by atoms with van der Waals surface area (Å²) in [6.45, 7) is 13.1. The molecule has 1 amide bonds. The summed E-state index contributed by atoms with van der Waals surface area (Å²) < 4.78 is 12.2. The van der Waals surface area contributed by atoms with Crippen LogP contribution in [0, 0.1) is 34.6 Å². The van der Waals surface area contributed by atoms with Gasteiger partial charge in [0.25, 0.3) is 5.91 Å². The van der Waals surface area contributed by atoms with E-state index in [1.54, 1.807) is 12.3 Å². The average Bonchev–Trinajstić information content (AvgIpc) is 3.79. The molecule has 1 aliphatic heterocycles. The first-order valence-corrected chi connectivity index (χ1v) is 19.9. The molecule has 0 saturated carbocycles. The number of aryl methyl sites for hydroxylation is 6. The number of hydrogen-bond acceptors (Lipinski definition) is 5. The Hall–Kier alpha value is -5.58. The lowest BCUT2D eigenvalue weighted by atomic mass is 9.98. The molecule has 1 unspecified atom stereocenters. The Labute approximate surface area is 341 Å². The highest BCUT2D eigenvalue weighted by Crippen LogP contribution is 2.46.